The second kappa shape index (κ2) is 6.54. The van der Waals surface area contributed by atoms with Gasteiger partial charge in [-0.15, -0.1) is 5.10 Å². The summed E-state index contributed by atoms with van der Waals surface area (Å²) in [4.78, 5) is 17.3. The van der Waals surface area contributed by atoms with Crippen molar-refractivity contribution in [2.45, 2.75) is 18.8 Å². The molecule has 2 aromatic rings. The van der Waals surface area contributed by atoms with Gasteiger partial charge in [-0.2, -0.15) is 0 Å². The van der Waals surface area contributed by atoms with Gasteiger partial charge in [0, 0.05) is 16.0 Å². The van der Waals surface area contributed by atoms with Crippen LogP contribution in [0.3, 0.4) is 0 Å². The highest BCUT2D eigenvalue weighted by molar-refractivity contribution is 8.13. The second-order valence-electron chi connectivity index (χ2n) is 5.71. The molecule has 0 saturated carbocycles. The maximum absolute atomic E-state index is 12.7. The van der Waals surface area contributed by atoms with E-state index in [9.17, 15) is 4.79 Å². The molecule has 7 heteroatoms. The molecule has 5 nitrogen and oxygen atoms in total. The van der Waals surface area contributed by atoms with Crippen LogP contribution >= 0.6 is 23.4 Å². The first-order chi connectivity index (χ1) is 12.1. The fraction of sp³-hybridized carbons (Fsp3) is 0.167. The molecule has 126 valence electrons. The van der Waals surface area contributed by atoms with Crippen LogP contribution in [0.25, 0.3) is 5.70 Å². The summed E-state index contributed by atoms with van der Waals surface area (Å²) >= 11 is 7.64. The Labute approximate surface area is 154 Å². The minimum absolute atomic E-state index is 0.161. The fourth-order valence-electron chi connectivity index (χ4n) is 2.82. The van der Waals surface area contributed by atoms with Gasteiger partial charge in [-0.25, -0.2) is 5.01 Å². The number of nitrogens with one attached hydrogen (secondary N) is 1. The van der Waals surface area contributed by atoms with E-state index >= 15 is 0 Å². The molecule has 1 amide bonds. The van der Waals surface area contributed by atoms with Gasteiger partial charge in [0.05, 0.1) is 5.36 Å². The van der Waals surface area contributed by atoms with Gasteiger partial charge in [0.2, 0.25) is 0 Å². The third kappa shape index (κ3) is 3.03. The standard InChI is InChI=1S/C18H15ClN4OS/c1-11-20-15-9-5-3-7-13(15)16-17(24)21-18(22-23(11)16)25-10-12-6-2-4-8-14(12)19/h2-9,11H,10H2,1H3,(H,21,22,24). The van der Waals surface area contributed by atoms with Gasteiger partial charge in [-0.3, -0.25) is 15.1 Å². The number of benzene rings is 2. The van der Waals surface area contributed by atoms with Crippen molar-refractivity contribution in [3.05, 3.63) is 69.7 Å². The van der Waals surface area contributed by atoms with E-state index in [4.69, 9.17) is 11.6 Å². The van der Waals surface area contributed by atoms with Crippen LogP contribution in [-0.4, -0.2) is 22.2 Å². The Morgan fingerprint density at radius 2 is 1.96 bits per heavy atom. The van der Waals surface area contributed by atoms with Crippen LogP contribution in [0.15, 0.2) is 58.6 Å². The highest BCUT2D eigenvalue weighted by atomic mass is 35.5. The summed E-state index contributed by atoms with van der Waals surface area (Å²) < 4.78 is 0. The monoisotopic (exact) mass is 370 g/mol. The van der Waals surface area contributed by atoms with Crippen LogP contribution in [0.2, 0.25) is 5.02 Å². The minimum Gasteiger partial charge on any atom is -0.298 e. The van der Waals surface area contributed by atoms with E-state index in [1.807, 2.05) is 55.5 Å². The molecule has 1 atom stereocenters. The number of hydrogen-bond donors (Lipinski definition) is 1. The Morgan fingerprint density at radius 1 is 1.20 bits per heavy atom. The van der Waals surface area contributed by atoms with Crippen molar-refractivity contribution < 1.29 is 4.79 Å². The Bertz CT molecular complexity index is 1000. The van der Waals surface area contributed by atoms with Gasteiger partial charge >= 0.3 is 0 Å². The molecule has 0 fully saturated rings. The number of amidine groups is 1. The fourth-order valence-corrected chi connectivity index (χ4v) is 3.95. The normalized spacial score (nSPS) is 18.7. The molecule has 0 aromatic heterocycles. The molecule has 0 saturated heterocycles. The van der Waals surface area contributed by atoms with Crippen molar-refractivity contribution in [1.29, 1.82) is 0 Å². The summed E-state index contributed by atoms with van der Waals surface area (Å²) in [7, 11) is 0. The van der Waals surface area contributed by atoms with Gasteiger partial charge in [-0.1, -0.05) is 59.8 Å². The SMILES string of the molecule is CC1N=c2ccccc2=C2C(=O)NC(SCc3ccccc3Cl)=NN21. The number of halogens is 1. The van der Waals surface area contributed by atoms with E-state index < -0.39 is 0 Å². The van der Waals surface area contributed by atoms with Crippen molar-refractivity contribution in [3.8, 4) is 0 Å². The van der Waals surface area contributed by atoms with Crippen LogP contribution in [0, 0.1) is 0 Å². The van der Waals surface area contributed by atoms with Crippen LogP contribution in [-0.2, 0) is 10.5 Å². The average molecular weight is 371 g/mol. The lowest BCUT2D eigenvalue weighted by Gasteiger charge is -2.32. The van der Waals surface area contributed by atoms with E-state index in [0.717, 1.165) is 16.1 Å². The second-order valence-corrected chi connectivity index (χ2v) is 7.08. The number of hydrazone groups is 1. The number of para-hydroxylation sites is 1. The number of carbonyl (C=O) groups excluding carboxylic acids is 1. The van der Waals surface area contributed by atoms with E-state index in [1.165, 1.54) is 11.8 Å². The zero-order valence-electron chi connectivity index (χ0n) is 13.4. The predicted octanol–water partition coefficient (Wildman–Crippen LogP) is 2.06. The maximum Gasteiger partial charge on any atom is 0.276 e. The molecular formula is C18H15ClN4OS. The lowest BCUT2D eigenvalue weighted by molar-refractivity contribution is -0.116. The summed E-state index contributed by atoms with van der Waals surface area (Å²) in [6.45, 7) is 1.92. The first-order valence-electron chi connectivity index (χ1n) is 7.86. The molecule has 2 aromatic carbocycles. The van der Waals surface area contributed by atoms with Gasteiger partial charge < -0.3 is 0 Å². The number of rotatable bonds is 2. The lowest BCUT2D eigenvalue weighted by Crippen LogP contribution is -2.51. The molecule has 25 heavy (non-hydrogen) atoms. The molecule has 0 aliphatic carbocycles. The van der Waals surface area contributed by atoms with Gasteiger partial charge in [0.1, 0.15) is 11.9 Å². The van der Waals surface area contributed by atoms with Crippen LogP contribution in [0.5, 0.6) is 0 Å². The zero-order valence-corrected chi connectivity index (χ0v) is 15.0. The summed E-state index contributed by atoms with van der Waals surface area (Å²) in [6, 6.07) is 15.3. The Morgan fingerprint density at radius 3 is 2.80 bits per heavy atom. The van der Waals surface area contributed by atoms with Crippen molar-refractivity contribution in [2.75, 3.05) is 0 Å². The van der Waals surface area contributed by atoms with Crippen LogP contribution in [0.4, 0.5) is 0 Å². The van der Waals surface area contributed by atoms with E-state index in [2.05, 4.69) is 15.4 Å². The summed E-state index contributed by atoms with van der Waals surface area (Å²) in [5.74, 6) is 0.468. The largest absolute Gasteiger partial charge is 0.298 e. The predicted molar refractivity (Wildman–Crippen MR) is 100 cm³/mol. The van der Waals surface area contributed by atoms with E-state index in [0.29, 0.717) is 21.6 Å². The number of fused-ring (bicyclic) bond motifs is 2. The highest BCUT2D eigenvalue weighted by Crippen LogP contribution is 2.24. The van der Waals surface area contributed by atoms with Gasteiger partial charge in [0.25, 0.3) is 5.91 Å². The molecule has 0 radical (unpaired) electrons. The molecule has 4 rings (SSSR count). The quantitative estimate of drug-likeness (QED) is 0.880. The third-order valence-electron chi connectivity index (χ3n) is 4.02. The molecule has 2 aliphatic heterocycles. The zero-order chi connectivity index (χ0) is 17.4. The molecular weight excluding hydrogens is 356 g/mol. The first-order valence-corrected chi connectivity index (χ1v) is 9.22. The topological polar surface area (TPSA) is 57.1 Å². The molecule has 2 aliphatic rings. The summed E-state index contributed by atoms with van der Waals surface area (Å²) in [5.41, 5.74) is 1.54. The van der Waals surface area contributed by atoms with E-state index in [-0.39, 0.29) is 12.1 Å². The smallest absolute Gasteiger partial charge is 0.276 e. The number of hydrogen-bond acceptors (Lipinski definition) is 5. The minimum atomic E-state index is -0.230. The van der Waals surface area contributed by atoms with Crippen molar-refractivity contribution in [1.82, 2.24) is 10.3 Å². The third-order valence-corrected chi connectivity index (χ3v) is 5.31. The Kier molecular flexibility index (Phi) is 4.23. The van der Waals surface area contributed by atoms with Gasteiger partial charge in [0.15, 0.2) is 5.17 Å². The van der Waals surface area contributed by atoms with E-state index in [1.54, 1.807) is 5.01 Å². The number of thioether (sulfide) groups is 1. The van der Waals surface area contributed by atoms with Crippen LogP contribution < -0.4 is 15.9 Å². The molecule has 0 bridgehead atoms. The van der Waals surface area contributed by atoms with Crippen molar-refractivity contribution in [3.63, 3.8) is 0 Å². The highest BCUT2D eigenvalue weighted by Gasteiger charge is 2.31. The Hall–Kier alpha value is -2.31. The molecule has 1 unspecified atom stereocenters. The molecule has 1 N–H and O–H groups in total. The summed E-state index contributed by atoms with van der Waals surface area (Å²) in [6.07, 6.45) is -0.230. The molecule has 0 spiro atoms. The van der Waals surface area contributed by atoms with Crippen LogP contribution in [0.1, 0.15) is 12.5 Å². The summed E-state index contributed by atoms with van der Waals surface area (Å²) in [5, 5.41) is 12.0. The number of carbonyl (C=O) groups is 1. The number of amides is 1. The van der Waals surface area contributed by atoms with Gasteiger partial charge in [-0.05, 0) is 24.6 Å². The maximum atomic E-state index is 12.7. The van der Waals surface area contributed by atoms with Crippen molar-refractivity contribution in [2.24, 2.45) is 10.1 Å². The average Bonchev–Trinajstić information content (AvgIpc) is 2.61. The van der Waals surface area contributed by atoms with Crippen molar-refractivity contribution >= 4 is 40.1 Å². The first kappa shape index (κ1) is 16.2. The lowest BCUT2D eigenvalue weighted by atomic mass is 10.2. The number of nitrogens with zero attached hydrogens (tertiary/aromatic N) is 3. The molecule has 2 heterocycles. The Balaban J connectivity index is 1.66.